The first kappa shape index (κ1) is 19.3. The average Bonchev–Trinajstić information content (AvgIpc) is 3.22. The molecule has 1 aliphatic carbocycles. The molecule has 2 atom stereocenters. The number of fused-ring (bicyclic) bond motifs is 3. The maximum absolute atomic E-state index is 13.1. The van der Waals surface area contributed by atoms with E-state index in [1.165, 1.54) is 31.0 Å². The van der Waals surface area contributed by atoms with Gasteiger partial charge in [-0.05, 0) is 37.8 Å². The van der Waals surface area contributed by atoms with Gasteiger partial charge in [0, 0.05) is 24.3 Å². The van der Waals surface area contributed by atoms with Crippen molar-refractivity contribution in [2.24, 2.45) is 5.92 Å². The van der Waals surface area contributed by atoms with Gasteiger partial charge < -0.3 is 10.1 Å². The molecule has 2 heterocycles. The van der Waals surface area contributed by atoms with Crippen molar-refractivity contribution in [3.8, 4) is 0 Å². The highest BCUT2D eigenvalue weighted by Gasteiger charge is 2.58. The Morgan fingerprint density at radius 2 is 2.04 bits per heavy atom. The molecule has 4 rings (SSSR count). The Balaban J connectivity index is 1.40. The molecule has 1 saturated carbocycles. The molecule has 2 fully saturated rings. The van der Waals surface area contributed by atoms with Crippen LogP contribution in [0, 0.1) is 5.92 Å². The van der Waals surface area contributed by atoms with Crippen LogP contribution in [0.4, 0.5) is 5.69 Å². The van der Waals surface area contributed by atoms with Gasteiger partial charge in [0.1, 0.15) is 0 Å². The molecule has 1 aromatic carbocycles. The van der Waals surface area contributed by atoms with Gasteiger partial charge in [0.05, 0.1) is 5.69 Å². The summed E-state index contributed by atoms with van der Waals surface area (Å²) < 4.78 is 5.55. The molecule has 3 aliphatic rings. The second-order valence-electron chi connectivity index (χ2n) is 7.88. The minimum absolute atomic E-state index is 0.0798. The van der Waals surface area contributed by atoms with Crippen molar-refractivity contribution in [3.63, 3.8) is 0 Å². The second kappa shape index (κ2) is 7.78. The fourth-order valence-corrected chi connectivity index (χ4v) is 5.76. The van der Waals surface area contributed by atoms with Crippen LogP contribution < -0.4 is 10.2 Å². The zero-order valence-electron chi connectivity index (χ0n) is 16.1. The normalized spacial score (nSPS) is 25.2. The maximum Gasteiger partial charge on any atom is 0.344 e. The van der Waals surface area contributed by atoms with E-state index in [1.807, 2.05) is 24.3 Å². The van der Waals surface area contributed by atoms with E-state index < -0.39 is 16.9 Å². The summed E-state index contributed by atoms with van der Waals surface area (Å²) in [4.78, 5) is 39.3. The Hall–Kier alpha value is -2.02. The van der Waals surface area contributed by atoms with Crippen LogP contribution >= 0.6 is 11.8 Å². The molecule has 150 valence electrons. The van der Waals surface area contributed by atoms with Crippen molar-refractivity contribution in [1.82, 2.24) is 5.32 Å². The number of hydrogen-bond donors (Lipinski definition) is 1. The number of thioether (sulfide) groups is 1. The first-order valence-corrected chi connectivity index (χ1v) is 10.9. The van der Waals surface area contributed by atoms with Crippen molar-refractivity contribution in [2.75, 3.05) is 11.4 Å². The van der Waals surface area contributed by atoms with E-state index in [9.17, 15) is 14.4 Å². The van der Waals surface area contributed by atoms with Gasteiger partial charge in [0.2, 0.25) is 5.91 Å². The molecule has 0 bridgehead atoms. The van der Waals surface area contributed by atoms with Crippen molar-refractivity contribution in [3.05, 3.63) is 24.3 Å². The van der Waals surface area contributed by atoms with Crippen LogP contribution in [-0.4, -0.2) is 35.3 Å². The van der Waals surface area contributed by atoms with Gasteiger partial charge in [-0.3, -0.25) is 14.5 Å². The van der Waals surface area contributed by atoms with E-state index in [0.29, 0.717) is 25.3 Å². The molecule has 2 aliphatic heterocycles. The predicted molar refractivity (Wildman–Crippen MR) is 107 cm³/mol. The first-order valence-electron chi connectivity index (χ1n) is 10.1. The molecule has 0 aromatic heterocycles. The fourth-order valence-electron chi connectivity index (χ4n) is 4.36. The van der Waals surface area contributed by atoms with Crippen molar-refractivity contribution >= 4 is 35.2 Å². The molecule has 0 unspecified atom stereocenters. The summed E-state index contributed by atoms with van der Waals surface area (Å²) in [5.74, 6) is -0.350. The van der Waals surface area contributed by atoms with Crippen LogP contribution in [-0.2, 0) is 19.1 Å². The summed E-state index contributed by atoms with van der Waals surface area (Å²) in [6, 6.07) is 7.49. The van der Waals surface area contributed by atoms with Gasteiger partial charge in [-0.1, -0.05) is 43.2 Å². The standard InChI is InChI=1S/C21H26N2O4S/c1-14(19(25)22-13-15-7-3-2-4-8-15)27-20(26)21-12-11-18(24)23(21)16-9-5-6-10-17(16)28-21/h5-6,9-10,14-15H,2-4,7-8,11-13H2,1H3,(H,22,25)/t14-,21+/m0/s1. The number of hydrogen-bond acceptors (Lipinski definition) is 5. The summed E-state index contributed by atoms with van der Waals surface area (Å²) >= 11 is 1.35. The lowest BCUT2D eigenvalue weighted by molar-refractivity contribution is -0.157. The lowest BCUT2D eigenvalue weighted by Gasteiger charge is -2.30. The van der Waals surface area contributed by atoms with Crippen LogP contribution in [0.3, 0.4) is 0 Å². The van der Waals surface area contributed by atoms with Crippen molar-refractivity contribution < 1.29 is 19.1 Å². The molecule has 1 N–H and O–H groups in total. The first-order chi connectivity index (χ1) is 13.5. The summed E-state index contributed by atoms with van der Waals surface area (Å²) in [5, 5.41) is 2.93. The molecule has 1 saturated heterocycles. The Morgan fingerprint density at radius 3 is 2.82 bits per heavy atom. The van der Waals surface area contributed by atoms with Gasteiger partial charge in [-0.15, -0.1) is 0 Å². The number of ether oxygens (including phenoxy) is 1. The SMILES string of the molecule is C[C@H](OC(=O)[C@]12CCC(=O)N1c1ccccc1S2)C(=O)NCC1CCCCC1. The summed E-state index contributed by atoms with van der Waals surface area (Å²) in [5.41, 5.74) is 0.751. The Labute approximate surface area is 169 Å². The number of carbonyl (C=O) groups excluding carboxylic acids is 3. The lowest BCUT2D eigenvalue weighted by atomic mass is 9.89. The molecule has 2 amide bonds. The van der Waals surface area contributed by atoms with Crippen LogP contribution in [0.25, 0.3) is 0 Å². The summed E-state index contributed by atoms with van der Waals surface area (Å²) in [7, 11) is 0. The van der Waals surface area contributed by atoms with Crippen LogP contribution in [0.15, 0.2) is 29.2 Å². The molecular formula is C21H26N2O4S. The Morgan fingerprint density at radius 1 is 1.29 bits per heavy atom. The highest BCUT2D eigenvalue weighted by atomic mass is 32.2. The molecule has 1 aromatic rings. The molecule has 7 heteroatoms. The molecule has 0 radical (unpaired) electrons. The third-order valence-electron chi connectivity index (χ3n) is 5.94. The topological polar surface area (TPSA) is 75.7 Å². The fraction of sp³-hybridized carbons (Fsp3) is 0.571. The number of rotatable bonds is 5. The molecular weight excluding hydrogens is 376 g/mol. The number of carbonyl (C=O) groups is 3. The highest BCUT2D eigenvalue weighted by Crippen LogP contribution is 2.56. The van der Waals surface area contributed by atoms with Gasteiger partial charge in [-0.25, -0.2) is 4.79 Å². The zero-order valence-corrected chi connectivity index (χ0v) is 16.9. The quantitative estimate of drug-likeness (QED) is 0.765. The molecule has 28 heavy (non-hydrogen) atoms. The minimum atomic E-state index is -1.08. The predicted octanol–water partition coefficient (Wildman–Crippen LogP) is 3.24. The number of benzene rings is 1. The number of anilines is 1. The minimum Gasteiger partial charge on any atom is -0.450 e. The van der Waals surface area contributed by atoms with E-state index in [0.717, 1.165) is 23.4 Å². The van der Waals surface area contributed by atoms with E-state index in [4.69, 9.17) is 4.74 Å². The monoisotopic (exact) mass is 402 g/mol. The number of nitrogens with one attached hydrogen (secondary N) is 1. The smallest absolute Gasteiger partial charge is 0.344 e. The van der Waals surface area contributed by atoms with Gasteiger partial charge in [0.25, 0.3) is 5.91 Å². The van der Waals surface area contributed by atoms with Gasteiger partial charge in [-0.2, -0.15) is 0 Å². The number of nitrogens with zero attached hydrogens (tertiary/aromatic N) is 1. The van der Waals surface area contributed by atoms with E-state index >= 15 is 0 Å². The highest BCUT2D eigenvalue weighted by molar-refractivity contribution is 8.02. The summed E-state index contributed by atoms with van der Waals surface area (Å²) in [6.07, 6.45) is 5.80. The third kappa shape index (κ3) is 3.41. The number of esters is 1. The molecule has 0 spiro atoms. The van der Waals surface area contributed by atoms with Crippen molar-refractivity contribution in [2.45, 2.75) is 67.7 Å². The Kier molecular flexibility index (Phi) is 5.36. The summed E-state index contributed by atoms with van der Waals surface area (Å²) in [6.45, 7) is 2.23. The van der Waals surface area contributed by atoms with Gasteiger partial charge in [0.15, 0.2) is 11.0 Å². The van der Waals surface area contributed by atoms with E-state index in [1.54, 1.807) is 11.8 Å². The van der Waals surface area contributed by atoms with E-state index in [2.05, 4.69) is 5.32 Å². The van der Waals surface area contributed by atoms with E-state index in [-0.39, 0.29) is 11.8 Å². The lowest BCUT2D eigenvalue weighted by Crippen LogP contribution is -2.50. The van der Waals surface area contributed by atoms with Crippen LogP contribution in [0.5, 0.6) is 0 Å². The maximum atomic E-state index is 13.1. The number of para-hydroxylation sites is 1. The van der Waals surface area contributed by atoms with Gasteiger partial charge >= 0.3 is 5.97 Å². The second-order valence-corrected chi connectivity index (χ2v) is 9.20. The Bertz CT molecular complexity index is 792. The third-order valence-corrected chi connectivity index (χ3v) is 7.39. The average molecular weight is 403 g/mol. The zero-order chi connectivity index (χ0) is 19.7. The van der Waals surface area contributed by atoms with Crippen LogP contribution in [0.1, 0.15) is 51.9 Å². The number of amides is 2. The van der Waals surface area contributed by atoms with Crippen LogP contribution in [0.2, 0.25) is 0 Å². The largest absolute Gasteiger partial charge is 0.450 e. The molecule has 6 nitrogen and oxygen atoms in total. The van der Waals surface area contributed by atoms with Crippen molar-refractivity contribution in [1.29, 1.82) is 0 Å².